The molecule has 0 saturated heterocycles. The largest absolute Gasteiger partial charge is 0.268 e. The maximum Gasteiger partial charge on any atom is 0.268 e. The van der Waals surface area contributed by atoms with Crippen molar-refractivity contribution in [3.63, 3.8) is 0 Å². The summed E-state index contributed by atoms with van der Waals surface area (Å²) < 4.78 is 3.17. The van der Waals surface area contributed by atoms with Gasteiger partial charge < -0.3 is 0 Å². The first kappa shape index (κ1) is 10.1. The van der Waals surface area contributed by atoms with E-state index in [1.807, 2.05) is 16.1 Å². The summed E-state index contributed by atoms with van der Waals surface area (Å²) in [5.41, 5.74) is 1.44. The Morgan fingerprint density at radius 2 is 2.06 bits per heavy atom. The minimum atomic E-state index is 0.218. The van der Waals surface area contributed by atoms with Crippen molar-refractivity contribution in [3.8, 4) is 0 Å². The summed E-state index contributed by atoms with van der Waals surface area (Å²) in [6.07, 6.45) is 4.88. The first-order valence-corrected chi connectivity index (χ1v) is 6.66. The molecule has 0 atom stereocenters. The van der Waals surface area contributed by atoms with E-state index in [4.69, 9.17) is 0 Å². The topological polar surface area (TPSA) is 22.0 Å². The second-order valence-corrected chi connectivity index (χ2v) is 5.60. The van der Waals surface area contributed by atoms with Crippen LogP contribution in [0.15, 0.2) is 23.0 Å². The van der Waals surface area contributed by atoms with Crippen LogP contribution in [0.5, 0.6) is 0 Å². The van der Waals surface area contributed by atoms with Crippen LogP contribution in [0, 0.1) is 6.92 Å². The van der Waals surface area contributed by atoms with Crippen LogP contribution >= 0.6 is 11.5 Å². The van der Waals surface area contributed by atoms with Crippen molar-refractivity contribution in [2.24, 2.45) is 0 Å². The quantitative estimate of drug-likeness (QED) is 0.739. The van der Waals surface area contributed by atoms with Gasteiger partial charge in [-0.05, 0) is 31.4 Å². The minimum absolute atomic E-state index is 0.218. The van der Waals surface area contributed by atoms with Crippen LogP contribution in [-0.2, 0) is 0 Å². The van der Waals surface area contributed by atoms with Crippen molar-refractivity contribution >= 4 is 21.6 Å². The van der Waals surface area contributed by atoms with E-state index >= 15 is 0 Å². The predicted octanol–water partition coefficient (Wildman–Crippen LogP) is 3.49. The third-order valence-corrected chi connectivity index (χ3v) is 4.87. The predicted molar refractivity (Wildman–Crippen MR) is 68.3 cm³/mol. The highest BCUT2D eigenvalue weighted by atomic mass is 32.1. The maximum atomic E-state index is 12.2. The van der Waals surface area contributed by atoms with Crippen molar-refractivity contribution in [1.82, 2.24) is 3.96 Å². The standard InChI is InChI=1S/C13H15NOS/c1-9-5-4-8-11-12(9)16-14(13(11)15)10-6-2-3-7-10/h4-5,8,10H,2-3,6-7H2,1H3. The van der Waals surface area contributed by atoms with Crippen LogP contribution in [-0.4, -0.2) is 3.96 Å². The van der Waals surface area contributed by atoms with Gasteiger partial charge in [-0.25, -0.2) is 0 Å². The minimum Gasteiger partial charge on any atom is -0.268 e. The zero-order valence-corrected chi connectivity index (χ0v) is 10.2. The summed E-state index contributed by atoms with van der Waals surface area (Å²) in [7, 11) is 0. The zero-order chi connectivity index (χ0) is 11.1. The Balaban J connectivity index is 2.23. The Kier molecular flexibility index (Phi) is 2.36. The molecular formula is C13H15NOS. The highest BCUT2D eigenvalue weighted by Crippen LogP contribution is 2.32. The van der Waals surface area contributed by atoms with Gasteiger partial charge in [0.1, 0.15) is 0 Å². The molecule has 2 nitrogen and oxygen atoms in total. The molecule has 1 heterocycles. The van der Waals surface area contributed by atoms with Gasteiger partial charge in [0.05, 0.1) is 10.1 Å². The Labute approximate surface area is 98.7 Å². The first-order chi connectivity index (χ1) is 7.77. The van der Waals surface area contributed by atoms with Crippen molar-refractivity contribution < 1.29 is 0 Å². The van der Waals surface area contributed by atoms with E-state index in [1.165, 1.54) is 35.9 Å². The highest BCUT2D eigenvalue weighted by Gasteiger charge is 2.21. The molecule has 84 valence electrons. The van der Waals surface area contributed by atoms with E-state index in [0.717, 1.165) is 5.39 Å². The summed E-state index contributed by atoms with van der Waals surface area (Å²) in [5, 5.41) is 0.900. The maximum absolute atomic E-state index is 12.2. The molecule has 0 unspecified atom stereocenters. The van der Waals surface area contributed by atoms with Gasteiger partial charge in [0, 0.05) is 6.04 Å². The third kappa shape index (κ3) is 1.42. The number of hydrogen-bond acceptors (Lipinski definition) is 2. The van der Waals surface area contributed by atoms with Gasteiger partial charge in [-0.3, -0.25) is 8.75 Å². The molecule has 3 rings (SSSR count). The monoisotopic (exact) mass is 233 g/mol. The molecule has 0 spiro atoms. The molecule has 0 aliphatic heterocycles. The normalized spacial score (nSPS) is 17.3. The second kappa shape index (κ2) is 3.74. The molecule has 3 heteroatoms. The first-order valence-electron chi connectivity index (χ1n) is 5.88. The number of aromatic nitrogens is 1. The van der Waals surface area contributed by atoms with Gasteiger partial charge in [-0.2, -0.15) is 0 Å². The smallest absolute Gasteiger partial charge is 0.268 e. The number of aryl methyl sites for hydroxylation is 1. The summed E-state index contributed by atoms with van der Waals surface area (Å²) in [6, 6.07) is 6.47. The average Bonchev–Trinajstić information content (AvgIpc) is 2.88. The lowest BCUT2D eigenvalue weighted by molar-refractivity contribution is 0.546. The van der Waals surface area contributed by atoms with Crippen LogP contribution in [0.3, 0.4) is 0 Å². The van der Waals surface area contributed by atoms with Crippen LogP contribution in [0.2, 0.25) is 0 Å². The molecule has 2 aromatic rings. The van der Waals surface area contributed by atoms with E-state index in [-0.39, 0.29) is 5.56 Å². The number of fused-ring (bicyclic) bond motifs is 1. The van der Waals surface area contributed by atoms with Gasteiger partial charge in [0.2, 0.25) is 0 Å². The van der Waals surface area contributed by atoms with Crippen molar-refractivity contribution in [2.75, 3.05) is 0 Å². The lowest BCUT2D eigenvalue weighted by Gasteiger charge is -2.07. The molecule has 1 saturated carbocycles. The molecule has 16 heavy (non-hydrogen) atoms. The number of hydrogen-bond donors (Lipinski definition) is 0. The van der Waals surface area contributed by atoms with Gasteiger partial charge in [0.25, 0.3) is 5.56 Å². The lowest BCUT2D eigenvalue weighted by atomic mass is 10.2. The number of rotatable bonds is 1. The zero-order valence-electron chi connectivity index (χ0n) is 9.40. The molecule has 1 aliphatic rings. The van der Waals surface area contributed by atoms with E-state index in [2.05, 4.69) is 13.0 Å². The SMILES string of the molecule is Cc1cccc2c(=O)n(C3CCCC3)sc12. The second-order valence-electron chi connectivity index (χ2n) is 4.61. The molecular weight excluding hydrogens is 218 g/mol. The van der Waals surface area contributed by atoms with Crippen molar-refractivity contribution in [3.05, 3.63) is 34.1 Å². The Bertz CT molecular complexity index is 575. The van der Waals surface area contributed by atoms with E-state index in [0.29, 0.717) is 6.04 Å². The summed E-state index contributed by atoms with van der Waals surface area (Å²) in [4.78, 5) is 12.2. The average molecular weight is 233 g/mol. The van der Waals surface area contributed by atoms with Crippen LogP contribution in [0.1, 0.15) is 37.3 Å². The van der Waals surface area contributed by atoms with Gasteiger partial charge in [0.15, 0.2) is 0 Å². The molecule has 1 fully saturated rings. The fourth-order valence-corrected chi connectivity index (χ4v) is 3.78. The van der Waals surface area contributed by atoms with Crippen molar-refractivity contribution in [2.45, 2.75) is 38.6 Å². The Morgan fingerprint density at radius 3 is 2.75 bits per heavy atom. The molecule has 0 radical (unpaired) electrons. The summed E-state index contributed by atoms with van der Waals surface area (Å²) in [5.74, 6) is 0. The fraction of sp³-hybridized carbons (Fsp3) is 0.462. The molecule has 0 N–H and O–H groups in total. The van der Waals surface area contributed by atoms with Crippen molar-refractivity contribution in [1.29, 1.82) is 0 Å². The summed E-state index contributed by atoms with van der Waals surface area (Å²) >= 11 is 1.65. The van der Waals surface area contributed by atoms with E-state index in [1.54, 1.807) is 11.5 Å². The fourth-order valence-electron chi connectivity index (χ4n) is 2.58. The van der Waals surface area contributed by atoms with Gasteiger partial charge >= 0.3 is 0 Å². The number of nitrogens with zero attached hydrogens (tertiary/aromatic N) is 1. The Hall–Kier alpha value is -1.09. The lowest BCUT2D eigenvalue weighted by Crippen LogP contribution is -2.16. The number of benzene rings is 1. The van der Waals surface area contributed by atoms with E-state index < -0.39 is 0 Å². The van der Waals surface area contributed by atoms with Gasteiger partial charge in [-0.1, -0.05) is 36.5 Å². The Morgan fingerprint density at radius 1 is 1.31 bits per heavy atom. The van der Waals surface area contributed by atoms with Gasteiger partial charge in [-0.15, -0.1) is 0 Å². The molecule has 0 amide bonds. The molecule has 1 aromatic carbocycles. The van der Waals surface area contributed by atoms with Crippen LogP contribution in [0.4, 0.5) is 0 Å². The third-order valence-electron chi connectivity index (χ3n) is 3.49. The summed E-state index contributed by atoms with van der Waals surface area (Å²) in [6.45, 7) is 2.08. The van der Waals surface area contributed by atoms with Crippen LogP contribution in [0.25, 0.3) is 10.1 Å². The molecule has 0 bridgehead atoms. The van der Waals surface area contributed by atoms with Crippen LogP contribution < -0.4 is 5.56 Å². The van der Waals surface area contributed by atoms with E-state index in [9.17, 15) is 4.79 Å². The molecule has 1 aromatic heterocycles. The highest BCUT2D eigenvalue weighted by molar-refractivity contribution is 7.14. The molecule has 1 aliphatic carbocycles.